The largest absolute Gasteiger partial charge is 0.389 e. The molecule has 4 aliphatic carbocycles. The van der Waals surface area contributed by atoms with Gasteiger partial charge in [-0.3, -0.25) is 0 Å². The number of rotatable bonds is 2. The molecule has 0 aliphatic heterocycles. The van der Waals surface area contributed by atoms with Crippen molar-refractivity contribution in [2.45, 2.75) is 77.7 Å². The molecule has 0 bridgehead atoms. The van der Waals surface area contributed by atoms with Crippen molar-refractivity contribution in [3.63, 3.8) is 0 Å². The van der Waals surface area contributed by atoms with E-state index in [1.165, 1.54) is 44.1 Å². The number of hydrogen-bond donors (Lipinski definition) is 1. The van der Waals surface area contributed by atoms with Crippen molar-refractivity contribution in [1.29, 1.82) is 0 Å². The molecule has 4 rings (SSSR count). The van der Waals surface area contributed by atoms with Crippen LogP contribution in [-0.2, 0) is 0 Å². The Labute approximate surface area is 154 Å². The van der Waals surface area contributed by atoms with Crippen LogP contribution in [0, 0.1) is 35.0 Å². The topological polar surface area (TPSA) is 20.2 Å². The Morgan fingerprint density at radius 1 is 1.28 bits per heavy atom. The van der Waals surface area contributed by atoms with Crippen LogP contribution in [0.5, 0.6) is 0 Å². The van der Waals surface area contributed by atoms with Crippen LogP contribution in [0.3, 0.4) is 0 Å². The van der Waals surface area contributed by atoms with Crippen molar-refractivity contribution in [1.82, 2.24) is 0 Å². The second-order valence-corrected chi connectivity index (χ2v) is 10.2. The summed E-state index contributed by atoms with van der Waals surface area (Å²) < 4.78 is 0. The Hall–Kier alpha value is -0.820. The average molecular weight is 341 g/mol. The zero-order chi connectivity index (χ0) is 18.0. The Morgan fingerprint density at radius 3 is 2.76 bits per heavy atom. The highest BCUT2D eigenvalue weighted by atomic mass is 16.3. The van der Waals surface area contributed by atoms with Gasteiger partial charge in [0.15, 0.2) is 0 Å². The van der Waals surface area contributed by atoms with Gasteiger partial charge in [-0.05, 0) is 93.3 Å². The fourth-order valence-electron chi connectivity index (χ4n) is 7.59. The molecular formula is C24H36O. The first-order valence-corrected chi connectivity index (χ1v) is 10.5. The Morgan fingerprint density at radius 2 is 2.04 bits per heavy atom. The van der Waals surface area contributed by atoms with E-state index in [1.807, 2.05) is 0 Å². The molecule has 0 heterocycles. The summed E-state index contributed by atoms with van der Waals surface area (Å²) in [5.74, 6) is 3.87. The summed E-state index contributed by atoms with van der Waals surface area (Å²) in [6.07, 6.45) is 11.7. The molecule has 0 aromatic heterocycles. The number of fused-ring (bicyclic) bond motifs is 5. The molecule has 138 valence electrons. The molecule has 4 aliphatic rings. The minimum atomic E-state index is -0.523. The maximum atomic E-state index is 11.6. The first-order valence-electron chi connectivity index (χ1n) is 10.5. The summed E-state index contributed by atoms with van der Waals surface area (Å²) in [5, 5.41) is 11.6. The van der Waals surface area contributed by atoms with Crippen LogP contribution in [0.25, 0.3) is 0 Å². The van der Waals surface area contributed by atoms with E-state index in [9.17, 15) is 5.11 Å². The molecule has 0 aromatic carbocycles. The van der Waals surface area contributed by atoms with E-state index in [4.69, 9.17) is 0 Å². The zero-order valence-electron chi connectivity index (χ0n) is 16.5. The minimum Gasteiger partial charge on any atom is -0.389 e. The number of aliphatic hydroxyl groups is 1. The molecular weight excluding hydrogens is 304 g/mol. The monoisotopic (exact) mass is 340 g/mol. The van der Waals surface area contributed by atoms with Gasteiger partial charge < -0.3 is 5.11 Å². The third kappa shape index (κ3) is 2.52. The van der Waals surface area contributed by atoms with Gasteiger partial charge in [-0.1, -0.05) is 43.2 Å². The van der Waals surface area contributed by atoms with E-state index in [-0.39, 0.29) is 5.41 Å². The van der Waals surface area contributed by atoms with Gasteiger partial charge in [0.05, 0.1) is 5.60 Å². The quantitative estimate of drug-likeness (QED) is 0.606. The highest BCUT2D eigenvalue weighted by Crippen LogP contribution is 2.66. The Bertz CT molecular complexity index is 628. The molecule has 25 heavy (non-hydrogen) atoms. The van der Waals surface area contributed by atoms with Gasteiger partial charge in [0, 0.05) is 0 Å². The zero-order valence-corrected chi connectivity index (χ0v) is 16.5. The fraction of sp³-hybridized carbons (Fsp3) is 0.750. The van der Waals surface area contributed by atoms with E-state index in [1.54, 1.807) is 5.57 Å². The van der Waals surface area contributed by atoms with Crippen LogP contribution in [0.1, 0.15) is 72.1 Å². The van der Waals surface area contributed by atoms with Gasteiger partial charge in [0.2, 0.25) is 0 Å². The molecule has 3 saturated carbocycles. The summed E-state index contributed by atoms with van der Waals surface area (Å²) in [5.41, 5.74) is 3.74. The first kappa shape index (κ1) is 17.6. The molecule has 0 saturated heterocycles. The van der Waals surface area contributed by atoms with Crippen molar-refractivity contribution in [3.05, 3.63) is 36.0 Å². The summed E-state index contributed by atoms with van der Waals surface area (Å²) >= 11 is 0. The molecule has 0 radical (unpaired) electrons. The standard InChI is InChI=1S/C24H36O/c1-15(2)14-24(25)11-9-21-22-17(4)13-18-12-16(3)6-7-19(18)20(22)8-10-23(21,24)5/h12,17,19-22,25H,1,3,6-11,13-14H2,2,4-5H3/t17-,19+,20-,21+,22-,23+,24-/m1/s1. The second-order valence-electron chi connectivity index (χ2n) is 10.2. The van der Waals surface area contributed by atoms with Crippen LogP contribution < -0.4 is 0 Å². The molecule has 3 fully saturated rings. The van der Waals surface area contributed by atoms with E-state index >= 15 is 0 Å². The normalized spacial score (nSPS) is 49.0. The summed E-state index contributed by atoms with van der Waals surface area (Å²) in [6.45, 7) is 15.3. The van der Waals surface area contributed by atoms with Crippen molar-refractivity contribution in [2.75, 3.05) is 0 Å². The molecule has 7 atom stereocenters. The summed E-state index contributed by atoms with van der Waals surface area (Å²) in [6, 6.07) is 0. The van der Waals surface area contributed by atoms with Gasteiger partial charge in [-0.15, -0.1) is 6.58 Å². The fourth-order valence-corrected chi connectivity index (χ4v) is 7.59. The van der Waals surface area contributed by atoms with Crippen LogP contribution in [-0.4, -0.2) is 10.7 Å². The SMILES string of the molecule is C=C(C)C[C@]1(O)CC[C@H]2[C@H]3[C@H](CC[C@@]21C)[C@H]1CCC(=C)C=C1C[C@H]3C. The van der Waals surface area contributed by atoms with Gasteiger partial charge in [0.1, 0.15) is 0 Å². The van der Waals surface area contributed by atoms with Crippen molar-refractivity contribution in [3.8, 4) is 0 Å². The summed E-state index contributed by atoms with van der Waals surface area (Å²) in [7, 11) is 0. The van der Waals surface area contributed by atoms with Crippen LogP contribution in [0.15, 0.2) is 36.0 Å². The van der Waals surface area contributed by atoms with E-state index in [0.29, 0.717) is 5.92 Å². The van der Waals surface area contributed by atoms with Crippen LogP contribution >= 0.6 is 0 Å². The smallest absolute Gasteiger partial charge is 0.0740 e. The Balaban J connectivity index is 1.66. The van der Waals surface area contributed by atoms with Gasteiger partial charge in [-0.25, -0.2) is 0 Å². The average Bonchev–Trinajstić information content (AvgIpc) is 2.77. The van der Waals surface area contributed by atoms with E-state index in [0.717, 1.165) is 42.1 Å². The van der Waals surface area contributed by atoms with E-state index in [2.05, 4.69) is 40.0 Å². The molecule has 0 unspecified atom stereocenters. The third-order valence-corrected chi connectivity index (χ3v) is 8.67. The maximum absolute atomic E-state index is 11.6. The summed E-state index contributed by atoms with van der Waals surface area (Å²) in [4.78, 5) is 0. The number of allylic oxidation sites excluding steroid dienone is 3. The lowest BCUT2D eigenvalue weighted by Crippen LogP contribution is -2.54. The molecule has 0 aromatic rings. The predicted octanol–water partition coefficient (Wildman–Crippen LogP) is 6.06. The third-order valence-electron chi connectivity index (χ3n) is 8.67. The van der Waals surface area contributed by atoms with Crippen LogP contribution in [0.2, 0.25) is 0 Å². The number of hydrogen-bond acceptors (Lipinski definition) is 1. The molecule has 1 nitrogen and oxygen atoms in total. The molecule has 1 heteroatoms. The van der Waals surface area contributed by atoms with Crippen molar-refractivity contribution >= 4 is 0 Å². The molecule has 0 amide bonds. The first-order chi connectivity index (χ1) is 11.7. The highest BCUT2D eigenvalue weighted by molar-refractivity contribution is 5.30. The van der Waals surface area contributed by atoms with Crippen LogP contribution in [0.4, 0.5) is 0 Å². The lowest BCUT2D eigenvalue weighted by molar-refractivity contribution is -0.125. The molecule has 1 N–H and O–H groups in total. The van der Waals surface area contributed by atoms with Gasteiger partial charge in [0.25, 0.3) is 0 Å². The maximum Gasteiger partial charge on any atom is 0.0740 e. The molecule has 0 spiro atoms. The van der Waals surface area contributed by atoms with Gasteiger partial charge >= 0.3 is 0 Å². The lowest BCUT2D eigenvalue weighted by Gasteiger charge is -2.57. The Kier molecular flexibility index (Phi) is 4.11. The van der Waals surface area contributed by atoms with Crippen molar-refractivity contribution < 1.29 is 5.11 Å². The van der Waals surface area contributed by atoms with Gasteiger partial charge in [-0.2, -0.15) is 0 Å². The lowest BCUT2D eigenvalue weighted by atomic mass is 9.48. The highest BCUT2D eigenvalue weighted by Gasteiger charge is 2.62. The predicted molar refractivity (Wildman–Crippen MR) is 105 cm³/mol. The second kappa shape index (κ2) is 5.84. The van der Waals surface area contributed by atoms with E-state index < -0.39 is 5.60 Å². The minimum absolute atomic E-state index is 0.0842. The van der Waals surface area contributed by atoms with Crippen molar-refractivity contribution in [2.24, 2.45) is 35.0 Å².